The van der Waals surface area contributed by atoms with E-state index in [-0.39, 0.29) is 5.75 Å². The van der Waals surface area contributed by atoms with Crippen LogP contribution in [0.1, 0.15) is 19.3 Å². The predicted molar refractivity (Wildman–Crippen MR) is 49.8 cm³/mol. The van der Waals surface area contributed by atoms with Crippen molar-refractivity contribution in [3.05, 3.63) is 10.4 Å². The molecule has 0 amide bonds. The summed E-state index contributed by atoms with van der Waals surface area (Å²) in [4.78, 5) is 2.59. The van der Waals surface area contributed by atoms with Crippen LogP contribution in [0.4, 0.5) is 0 Å². The maximum Gasteiger partial charge on any atom is 0.0525 e. The minimum atomic E-state index is -2.82. The normalized spacial score (nSPS) is 12.2. The third kappa shape index (κ3) is 9.54. The van der Waals surface area contributed by atoms with E-state index in [2.05, 4.69) is 10.0 Å². The fourth-order valence-electron chi connectivity index (χ4n) is 0.719. The molecule has 12 heavy (non-hydrogen) atoms. The minimum Gasteiger partial charge on any atom is -0.286 e. The van der Waals surface area contributed by atoms with Gasteiger partial charge in [-0.1, -0.05) is 11.5 Å². The third-order valence-electron chi connectivity index (χ3n) is 1.27. The lowest BCUT2D eigenvalue weighted by molar-refractivity contribution is 0.485. The van der Waals surface area contributed by atoms with E-state index in [4.69, 9.17) is 19.8 Å². The van der Waals surface area contributed by atoms with Gasteiger partial charge in [-0.3, -0.25) is 9.11 Å². The van der Waals surface area contributed by atoms with Crippen LogP contribution in [0.25, 0.3) is 10.4 Å². The molecule has 6 nitrogen and oxygen atoms in total. The minimum absolute atomic E-state index is 0.225. The molecule has 0 bridgehead atoms. The molecule has 0 spiro atoms. The molecular formula is C5H14N4O2S. The zero-order valence-electron chi connectivity index (χ0n) is 6.76. The molecule has 0 saturated heterocycles. The van der Waals surface area contributed by atoms with Crippen molar-refractivity contribution in [1.82, 2.24) is 0 Å². The van der Waals surface area contributed by atoms with Crippen molar-refractivity contribution >= 4 is 10.8 Å². The number of rotatable bonds is 6. The van der Waals surface area contributed by atoms with Gasteiger partial charge in [0, 0.05) is 11.5 Å². The van der Waals surface area contributed by atoms with Gasteiger partial charge in [0.1, 0.15) is 0 Å². The highest BCUT2D eigenvalue weighted by Crippen LogP contribution is 2.29. The van der Waals surface area contributed by atoms with Gasteiger partial charge in [-0.15, -0.1) is 10.8 Å². The number of azide groups is 1. The van der Waals surface area contributed by atoms with E-state index in [1.54, 1.807) is 0 Å². The molecule has 0 aromatic heterocycles. The molecule has 7 heteroatoms. The van der Waals surface area contributed by atoms with Crippen molar-refractivity contribution in [3.8, 4) is 0 Å². The van der Waals surface area contributed by atoms with Gasteiger partial charge >= 0.3 is 0 Å². The second-order valence-corrected chi connectivity index (χ2v) is 4.28. The van der Waals surface area contributed by atoms with E-state index >= 15 is 0 Å². The van der Waals surface area contributed by atoms with Crippen LogP contribution in [0.15, 0.2) is 5.11 Å². The molecule has 0 aromatic rings. The fraction of sp³-hybridized carbons (Fsp3) is 1.00. The predicted octanol–water partition coefficient (Wildman–Crippen LogP) is 2.09. The van der Waals surface area contributed by atoms with Gasteiger partial charge in [-0.05, 0) is 18.4 Å². The van der Waals surface area contributed by atoms with Gasteiger partial charge in [0.25, 0.3) is 0 Å². The Balaban J connectivity index is 3.16. The monoisotopic (exact) mass is 194 g/mol. The Morgan fingerprint density at radius 1 is 1.33 bits per heavy atom. The summed E-state index contributed by atoms with van der Waals surface area (Å²) in [5.41, 5.74) is 7.91. The van der Waals surface area contributed by atoms with Crippen LogP contribution in [0.5, 0.6) is 0 Å². The van der Waals surface area contributed by atoms with Crippen LogP contribution < -0.4 is 5.14 Å². The topological polar surface area (TPSA) is 115 Å². The number of hydrogen-bond donors (Lipinski definition) is 3. The summed E-state index contributed by atoms with van der Waals surface area (Å²) < 4.78 is 17.5. The first-order valence-corrected chi connectivity index (χ1v) is 5.38. The Bertz CT molecular complexity index is 163. The first-order valence-electron chi connectivity index (χ1n) is 3.61. The maximum absolute atomic E-state index is 8.76. The van der Waals surface area contributed by atoms with Gasteiger partial charge in [-0.2, -0.15) is 0 Å². The summed E-state index contributed by atoms with van der Waals surface area (Å²) >= 11 is 0. The molecule has 0 saturated carbocycles. The number of nitrogens with two attached hydrogens (primary N) is 1. The van der Waals surface area contributed by atoms with Crippen molar-refractivity contribution in [2.75, 3.05) is 12.3 Å². The molecule has 0 aliphatic rings. The van der Waals surface area contributed by atoms with Crippen LogP contribution in [0, 0.1) is 0 Å². The Kier molecular flexibility index (Phi) is 5.87. The Morgan fingerprint density at radius 3 is 2.50 bits per heavy atom. The molecule has 0 unspecified atom stereocenters. The first-order chi connectivity index (χ1) is 5.56. The first kappa shape index (κ1) is 11.5. The second-order valence-electron chi connectivity index (χ2n) is 2.44. The highest BCUT2D eigenvalue weighted by atomic mass is 32.3. The standard InChI is InChI=1S/C5H14N4O2S/c6-9-8-4-2-1-3-5-12(7,10)11/h10-11H,1-5,7H2. The molecule has 0 aliphatic carbocycles. The summed E-state index contributed by atoms with van der Waals surface area (Å²) in [5, 5.41) is 8.33. The highest BCUT2D eigenvalue weighted by Gasteiger charge is 2.02. The molecule has 0 heterocycles. The second kappa shape index (κ2) is 6.10. The van der Waals surface area contributed by atoms with E-state index < -0.39 is 10.8 Å². The molecule has 0 atom stereocenters. The van der Waals surface area contributed by atoms with Crippen LogP contribution in [-0.4, -0.2) is 21.4 Å². The average Bonchev–Trinajstić information content (AvgIpc) is 1.94. The molecule has 0 radical (unpaired) electrons. The Labute approximate surface area is 72.9 Å². The lowest BCUT2D eigenvalue weighted by atomic mass is 10.2. The highest BCUT2D eigenvalue weighted by molar-refractivity contribution is 8.22. The lowest BCUT2D eigenvalue weighted by Gasteiger charge is -2.25. The van der Waals surface area contributed by atoms with Gasteiger partial charge < -0.3 is 0 Å². The molecule has 4 N–H and O–H groups in total. The fourth-order valence-corrected chi connectivity index (χ4v) is 1.35. The molecule has 0 fully saturated rings. The van der Waals surface area contributed by atoms with Crippen molar-refractivity contribution in [3.63, 3.8) is 0 Å². The Hall–Kier alpha value is -0.460. The van der Waals surface area contributed by atoms with Crippen LogP contribution in [-0.2, 0) is 0 Å². The van der Waals surface area contributed by atoms with Gasteiger partial charge in [0.15, 0.2) is 0 Å². The molecule has 72 valence electrons. The summed E-state index contributed by atoms with van der Waals surface area (Å²) in [6, 6.07) is 0. The summed E-state index contributed by atoms with van der Waals surface area (Å²) in [7, 11) is -2.82. The zero-order chi connectivity index (χ0) is 9.45. The van der Waals surface area contributed by atoms with Crippen LogP contribution in [0.2, 0.25) is 0 Å². The smallest absolute Gasteiger partial charge is 0.0525 e. The number of nitrogens with zero attached hydrogens (tertiary/aromatic N) is 3. The quantitative estimate of drug-likeness (QED) is 0.260. The van der Waals surface area contributed by atoms with Crippen LogP contribution in [0.3, 0.4) is 0 Å². The summed E-state index contributed by atoms with van der Waals surface area (Å²) in [6.07, 6.45) is 2.21. The number of unbranched alkanes of at least 4 members (excludes halogenated alkanes) is 2. The SMILES string of the molecule is [N-]=[N+]=NCCCCCS(N)(O)O. The van der Waals surface area contributed by atoms with Gasteiger partial charge in [-0.25, -0.2) is 5.14 Å². The molecule has 0 rings (SSSR count). The Morgan fingerprint density at radius 2 is 2.00 bits per heavy atom. The molecule has 0 aromatic carbocycles. The van der Waals surface area contributed by atoms with Crippen molar-refractivity contribution in [1.29, 1.82) is 0 Å². The van der Waals surface area contributed by atoms with Crippen molar-refractivity contribution < 1.29 is 9.11 Å². The lowest BCUT2D eigenvalue weighted by Crippen LogP contribution is -2.12. The van der Waals surface area contributed by atoms with Crippen molar-refractivity contribution in [2.45, 2.75) is 19.3 Å². The van der Waals surface area contributed by atoms with Gasteiger partial charge in [0.2, 0.25) is 0 Å². The van der Waals surface area contributed by atoms with E-state index in [0.717, 1.165) is 12.8 Å². The summed E-state index contributed by atoms with van der Waals surface area (Å²) in [6.45, 7) is 0.459. The van der Waals surface area contributed by atoms with Crippen LogP contribution >= 0.6 is 10.8 Å². The van der Waals surface area contributed by atoms with Crippen molar-refractivity contribution in [2.24, 2.45) is 10.3 Å². The zero-order valence-corrected chi connectivity index (χ0v) is 7.57. The molecular weight excluding hydrogens is 180 g/mol. The summed E-state index contributed by atoms with van der Waals surface area (Å²) in [5.74, 6) is 0.225. The van der Waals surface area contributed by atoms with E-state index in [9.17, 15) is 0 Å². The average molecular weight is 194 g/mol. The maximum atomic E-state index is 8.76. The van der Waals surface area contributed by atoms with E-state index in [1.807, 2.05) is 0 Å². The molecule has 0 aliphatic heterocycles. The van der Waals surface area contributed by atoms with E-state index in [1.165, 1.54) is 0 Å². The third-order valence-corrected chi connectivity index (χ3v) is 2.16. The largest absolute Gasteiger partial charge is 0.286 e. The van der Waals surface area contributed by atoms with E-state index in [0.29, 0.717) is 13.0 Å². The van der Waals surface area contributed by atoms with Gasteiger partial charge in [0.05, 0.1) is 5.75 Å². The number of hydrogen-bond acceptors (Lipinski definition) is 4.